The summed E-state index contributed by atoms with van der Waals surface area (Å²) < 4.78 is 41.0. The molecule has 118 valence electrons. The van der Waals surface area contributed by atoms with Gasteiger partial charge in [-0.3, -0.25) is 4.98 Å². The van der Waals surface area contributed by atoms with Gasteiger partial charge in [0.2, 0.25) is 5.92 Å². The van der Waals surface area contributed by atoms with Gasteiger partial charge in [0.25, 0.3) is 0 Å². The van der Waals surface area contributed by atoms with Crippen molar-refractivity contribution in [1.29, 1.82) is 0 Å². The third kappa shape index (κ3) is 3.87. The summed E-state index contributed by atoms with van der Waals surface area (Å²) in [6, 6.07) is 10.5. The number of nitrogens with zero attached hydrogens (tertiary/aromatic N) is 1. The van der Waals surface area contributed by atoms with Gasteiger partial charge in [-0.25, -0.2) is 13.2 Å². The second-order valence-corrected chi connectivity index (χ2v) is 5.84. The molecule has 1 heterocycles. The molecule has 0 N–H and O–H groups in total. The summed E-state index contributed by atoms with van der Waals surface area (Å²) in [6.07, 6.45) is 0.529. The molecule has 0 radical (unpaired) electrons. The molecule has 0 saturated heterocycles. The average Bonchev–Trinajstić information content (AvgIpc) is 2.44. The second kappa shape index (κ2) is 6.51. The summed E-state index contributed by atoms with van der Waals surface area (Å²) in [6.45, 7) is 4.24. The van der Waals surface area contributed by atoms with Gasteiger partial charge in [0.1, 0.15) is 5.82 Å². The number of hydrogen-bond donors (Lipinski definition) is 0. The first kappa shape index (κ1) is 16.5. The molecule has 0 aliphatic rings. The van der Waals surface area contributed by atoms with E-state index >= 15 is 0 Å². The van der Waals surface area contributed by atoms with Crippen molar-refractivity contribution < 1.29 is 13.2 Å². The van der Waals surface area contributed by atoms with E-state index in [2.05, 4.69) is 4.98 Å². The van der Waals surface area contributed by atoms with Crippen molar-refractivity contribution >= 4 is 0 Å². The van der Waals surface area contributed by atoms with Crippen LogP contribution in [0.3, 0.4) is 0 Å². The molecule has 0 amide bonds. The summed E-state index contributed by atoms with van der Waals surface area (Å²) in [7, 11) is 0. The van der Waals surface area contributed by atoms with E-state index < -0.39 is 11.8 Å². The topological polar surface area (TPSA) is 12.9 Å². The van der Waals surface area contributed by atoms with Crippen LogP contribution < -0.4 is 0 Å². The van der Waals surface area contributed by atoms with Gasteiger partial charge in [0.05, 0.1) is 5.69 Å². The van der Waals surface area contributed by atoms with Crippen LogP contribution in [0.25, 0.3) is 11.3 Å². The Morgan fingerprint density at radius 3 is 2.45 bits per heavy atom. The van der Waals surface area contributed by atoms with E-state index in [1.165, 1.54) is 6.92 Å². The second-order valence-electron chi connectivity index (χ2n) is 5.84. The predicted octanol–water partition coefficient (Wildman–Crippen LogP) is 5.42. The molecule has 22 heavy (non-hydrogen) atoms. The van der Waals surface area contributed by atoms with E-state index in [0.29, 0.717) is 16.8 Å². The van der Waals surface area contributed by atoms with Crippen LogP contribution >= 0.6 is 0 Å². The molecule has 0 saturated carbocycles. The average molecular weight is 307 g/mol. The fourth-order valence-corrected chi connectivity index (χ4v) is 2.29. The van der Waals surface area contributed by atoms with E-state index in [1.54, 1.807) is 24.3 Å². The van der Waals surface area contributed by atoms with Gasteiger partial charge >= 0.3 is 0 Å². The van der Waals surface area contributed by atoms with Crippen LogP contribution in [0.5, 0.6) is 0 Å². The maximum absolute atomic E-state index is 14.6. The standard InChI is InChI=1S/C18H20F3N/c1-12(18(3,20)21)10-11-14-7-5-8-15(17(14)19)16-9-4-6-13(2)22-16/h4-9,12H,10-11H2,1-3H3/t12-/m1/s1. The Hall–Kier alpha value is -1.84. The van der Waals surface area contributed by atoms with E-state index in [4.69, 9.17) is 0 Å². The van der Waals surface area contributed by atoms with Crippen LogP contribution in [-0.4, -0.2) is 10.9 Å². The first-order valence-corrected chi connectivity index (χ1v) is 7.38. The smallest absolute Gasteiger partial charge is 0.247 e. The lowest BCUT2D eigenvalue weighted by Gasteiger charge is -2.19. The van der Waals surface area contributed by atoms with Gasteiger partial charge < -0.3 is 0 Å². The monoisotopic (exact) mass is 307 g/mol. The Morgan fingerprint density at radius 1 is 1.14 bits per heavy atom. The van der Waals surface area contributed by atoms with E-state index in [9.17, 15) is 13.2 Å². The fourth-order valence-electron chi connectivity index (χ4n) is 2.29. The van der Waals surface area contributed by atoms with Crippen LogP contribution in [0.2, 0.25) is 0 Å². The minimum Gasteiger partial charge on any atom is -0.253 e. The molecular formula is C18H20F3N. The highest BCUT2D eigenvalue weighted by Crippen LogP contribution is 2.29. The van der Waals surface area contributed by atoms with Crippen LogP contribution in [-0.2, 0) is 6.42 Å². The molecule has 0 bridgehead atoms. The van der Waals surface area contributed by atoms with Crippen LogP contribution in [0, 0.1) is 18.7 Å². The van der Waals surface area contributed by atoms with Crippen molar-refractivity contribution in [1.82, 2.24) is 4.98 Å². The van der Waals surface area contributed by atoms with E-state index in [-0.39, 0.29) is 18.7 Å². The highest BCUT2D eigenvalue weighted by Gasteiger charge is 2.29. The number of pyridine rings is 1. The zero-order valence-corrected chi connectivity index (χ0v) is 13.0. The molecule has 0 fully saturated rings. The maximum Gasteiger partial charge on any atom is 0.247 e. The largest absolute Gasteiger partial charge is 0.253 e. The maximum atomic E-state index is 14.6. The minimum absolute atomic E-state index is 0.241. The van der Waals surface area contributed by atoms with Gasteiger partial charge in [-0.1, -0.05) is 25.1 Å². The number of aromatic nitrogens is 1. The normalized spacial score (nSPS) is 13.2. The summed E-state index contributed by atoms with van der Waals surface area (Å²) >= 11 is 0. The Balaban J connectivity index is 2.23. The van der Waals surface area contributed by atoms with E-state index in [0.717, 1.165) is 12.6 Å². The molecule has 0 unspecified atom stereocenters. The molecule has 4 heteroatoms. The molecule has 1 atom stereocenters. The van der Waals surface area contributed by atoms with E-state index in [1.807, 2.05) is 19.1 Å². The van der Waals surface area contributed by atoms with Crippen LogP contribution in [0.1, 0.15) is 31.5 Å². The Kier molecular flexibility index (Phi) is 4.89. The van der Waals surface area contributed by atoms with Crippen molar-refractivity contribution in [2.45, 2.75) is 39.5 Å². The molecule has 2 aromatic rings. The third-order valence-corrected chi connectivity index (χ3v) is 3.95. The summed E-state index contributed by atoms with van der Waals surface area (Å²) in [5.74, 6) is -3.90. The lowest BCUT2D eigenvalue weighted by molar-refractivity contribution is -0.0351. The van der Waals surface area contributed by atoms with Crippen molar-refractivity contribution in [2.75, 3.05) is 0 Å². The predicted molar refractivity (Wildman–Crippen MR) is 82.5 cm³/mol. The Labute approximate surface area is 129 Å². The first-order valence-electron chi connectivity index (χ1n) is 7.38. The molecule has 1 aromatic heterocycles. The van der Waals surface area contributed by atoms with Gasteiger partial charge in [-0.2, -0.15) is 0 Å². The van der Waals surface area contributed by atoms with Gasteiger partial charge in [-0.15, -0.1) is 0 Å². The fraction of sp³-hybridized carbons (Fsp3) is 0.389. The molecule has 1 aromatic carbocycles. The highest BCUT2D eigenvalue weighted by atomic mass is 19.3. The zero-order valence-electron chi connectivity index (χ0n) is 13.0. The molecule has 0 aliphatic heterocycles. The van der Waals surface area contributed by atoms with Crippen molar-refractivity contribution in [2.24, 2.45) is 5.92 Å². The minimum atomic E-state index is -2.74. The number of halogens is 3. The quantitative estimate of drug-likeness (QED) is 0.718. The highest BCUT2D eigenvalue weighted by molar-refractivity contribution is 5.61. The molecular weight excluding hydrogens is 287 g/mol. The lowest BCUT2D eigenvalue weighted by Crippen LogP contribution is -2.22. The number of hydrogen-bond acceptors (Lipinski definition) is 1. The summed E-state index contributed by atoms with van der Waals surface area (Å²) in [5, 5.41) is 0. The van der Waals surface area contributed by atoms with Crippen LogP contribution in [0.4, 0.5) is 13.2 Å². The van der Waals surface area contributed by atoms with Crippen LogP contribution in [0.15, 0.2) is 36.4 Å². The molecule has 0 spiro atoms. The molecule has 2 rings (SSSR count). The number of benzene rings is 1. The lowest BCUT2D eigenvalue weighted by atomic mass is 9.95. The van der Waals surface area contributed by atoms with Gasteiger partial charge in [0, 0.05) is 17.2 Å². The SMILES string of the molecule is Cc1cccc(-c2cccc(CC[C@@H](C)C(C)(F)F)c2F)n1. The molecule has 1 nitrogen and oxygen atoms in total. The Morgan fingerprint density at radius 2 is 1.82 bits per heavy atom. The van der Waals surface area contributed by atoms with Gasteiger partial charge in [0.15, 0.2) is 0 Å². The molecule has 0 aliphatic carbocycles. The number of alkyl halides is 2. The third-order valence-electron chi connectivity index (χ3n) is 3.95. The van der Waals surface area contributed by atoms with Crippen molar-refractivity contribution in [3.05, 3.63) is 53.5 Å². The Bertz CT molecular complexity index is 647. The number of aryl methyl sites for hydroxylation is 2. The zero-order chi connectivity index (χ0) is 16.3. The van der Waals surface area contributed by atoms with Gasteiger partial charge in [-0.05, 0) is 50.5 Å². The summed E-state index contributed by atoms with van der Waals surface area (Å²) in [4.78, 5) is 4.32. The van der Waals surface area contributed by atoms with Crippen molar-refractivity contribution in [3.63, 3.8) is 0 Å². The first-order chi connectivity index (χ1) is 10.3. The summed E-state index contributed by atoms with van der Waals surface area (Å²) in [5.41, 5.74) is 2.24. The van der Waals surface area contributed by atoms with Crippen molar-refractivity contribution in [3.8, 4) is 11.3 Å². The number of rotatable bonds is 5.